The topological polar surface area (TPSA) is 40.2 Å². The molecule has 4 heteroatoms. The average molecular weight is 333 g/mol. The summed E-state index contributed by atoms with van der Waals surface area (Å²) in [6.45, 7) is 2.19. The molecule has 0 aliphatic carbocycles. The summed E-state index contributed by atoms with van der Waals surface area (Å²) in [4.78, 5) is 8.13. The number of aromatic nitrogens is 1. The van der Waals surface area contributed by atoms with E-state index in [9.17, 15) is 4.39 Å². The predicted molar refractivity (Wildman–Crippen MR) is 100 cm³/mol. The molecule has 2 N–H and O–H groups in total. The quantitative estimate of drug-likeness (QED) is 0.707. The van der Waals surface area contributed by atoms with Crippen molar-refractivity contribution in [2.75, 3.05) is 13.1 Å². The third kappa shape index (κ3) is 2.57. The van der Waals surface area contributed by atoms with Gasteiger partial charge in [-0.05, 0) is 61.3 Å². The maximum atomic E-state index is 13.4. The van der Waals surface area contributed by atoms with E-state index in [2.05, 4.69) is 28.5 Å². The normalized spacial score (nSPS) is 17.7. The van der Waals surface area contributed by atoms with Crippen LogP contribution < -0.4 is 5.32 Å². The summed E-state index contributed by atoms with van der Waals surface area (Å²) >= 11 is 0. The monoisotopic (exact) mass is 333 g/mol. The fraction of sp³-hybridized carbons (Fsp3) is 0.286. The molecule has 0 bridgehead atoms. The Balaban J connectivity index is 1.51. The van der Waals surface area contributed by atoms with Crippen molar-refractivity contribution in [3.05, 3.63) is 54.0 Å². The van der Waals surface area contributed by atoms with E-state index in [0.717, 1.165) is 47.2 Å². The van der Waals surface area contributed by atoms with Crippen LogP contribution in [0, 0.1) is 11.7 Å². The number of fused-ring (bicyclic) bond motifs is 2. The number of hydrogen-bond donors (Lipinski definition) is 2. The molecule has 0 spiro atoms. The minimum atomic E-state index is -0.217. The lowest BCUT2D eigenvalue weighted by molar-refractivity contribution is 0.454. The number of rotatable bonds is 2. The molecular formula is C21H20FN3. The van der Waals surface area contributed by atoms with Crippen molar-refractivity contribution in [3.63, 3.8) is 0 Å². The number of H-pyrrole nitrogens is 1. The zero-order chi connectivity index (χ0) is 16.8. The van der Waals surface area contributed by atoms with Crippen LogP contribution in [0.1, 0.15) is 18.4 Å². The van der Waals surface area contributed by atoms with E-state index in [4.69, 9.17) is 4.99 Å². The third-order valence-corrected chi connectivity index (χ3v) is 5.49. The molecule has 0 atom stereocenters. The van der Waals surface area contributed by atoms with Gasteiger partial charge in [0.25, 0.3) is 0 Å². The average Bonchev–Trinajstić information content (AvgIpc) is 3.25. The van der Waals surface area contributed by atoms with Gasteiger partial charge in [0.1, 0.15) is 5.82 Å². The third-order valence-electron chi connectivity index (χ3n) is 5.49. The Morgan fingerprint density at radius 1 is 1.04 bits per heavy atom. The van der Waals surface area contributed by atoms with E-state index in [1.807, 2.05) is 12.3 Å². The molecule has 0 amide bonds. The van der Waals surface area contributed by atoms with E-state index < -0.39 is 0 Å². The number of hydrogen-bond acceptors (Lipinski definition) is 2. The second kappa shape index (κ2) is 5.81. The van der Waals surface area contributed by atoms with Gasteiger partial charge in [-0.3, -0.25) is 4.99 Å². The van der Waals surface area contributed by atoms with Crippen LogP contribution in [-0.4, -0.2) is 23.8 Å². The predicted octanol–water partition coefficient (Wildman–Crippen LogP) is 4.60. The first-order valence-corrected chi connectivity index (χ1v) is 8.96. The van der Waals surface area contributed by atoms with Gasteiger partial charge in [-0.1, -0.05) is 12.1 Å². The van der Waals surface area contributed by atoms with Gasteiger partial charge in [-0.2, -0.15) is 0 Å². The van der Waals surface area contributed by atoms with E-state index in [1.54, 1.807) is 6.07 Å². The summed E-state index contributed by atoms with van der Waals surface area (Å²) in [7, 11) is 0. The summed E-state index contributed by atoms with van der Waals surface area (Å²) in [5.74, 6) is 0.402. The molecule has 25 heavy (non-hydrogen) atoms. The van der Waals surface area contributed by atoms with E-state index in [0.29, 0.717) is 5.92 Å². The van der Waals surface area contributed by atoms with E-state index >= 15 is 0 Å². The highest BCUT2D eigenvalue weighted by atomic mass is 19.1. The lowest BCUT2D eigenvalue weighted by Crippen LogP contribution is -2.31. The van der Waals surface area contributed by atoms with Crippen LogP contribution in [0.3, 0.4) is 0 Å². The molecule has 5 rings (SSSR count). The van der Waals surface area contributed by atoms with Crippen LogP contribution in [0.2, 0.25) is 0 Å². The number of nitrogens with one attached hydrogen (secondary N) is 2. The van der Waals surface area contributed by atoms with Crippen molar-refractivity contribution >= 4 is 22.3 Å². The number of halogens is 1. The van der Waals surface area contributed by atoms with Gasteiger partial charge >= 0.3 is 0 Å². The Morgan fingerprint density at radius 3 is 2.80 bits per heavy atom. The van der Waals surface area contributed by atoms with E-state index in [1.165, 1.54) is 30.2 Å². The number of aromatic amines is 1. The molecule has 126 valence electrons. The highest BCUT2D eigenvalue weighted by Crippen LogP contribution is 2.37. The highest BCUT2D eigenvalue weighted by molar-refractivity contribution is 5.99. The molecule has 1 fully saturated rings. The Morgan fingerprint density at radius 2 is 1.92 bits per heavy atom. The highest BCUT2D eigenvalue weighted by Gasteiger charge is 2.24. The Bertz CT molecular complexity index is 980. The SMILES string of the molecule is Fc1ccc2c(-c3ccc4c(c3)N=C(C3CCNCC3)C4)c[nH]c2c1. The molecule has 0 saturated carbocycles. The van der Waals surface area contributed by atoms with Crippen LogP contribution in [0.5, 0.6) is 0 Å². The molecule has 3 heterocycles. The lowest BCUT2D eigenvalue weighted by Gasteiger charge is -2.22. The molecule has 1 aromatic heterocycles. The zero-order valence-electron chi connectivity index (χ0n) is 14.0. The number of piperidine rings is 1. The molecule has 0 unspecified atom stereocenters. The minimum Gasteiger partial charge on any atom is -0.360 e. The molecule has 3 aromatic rings. The van der Waals surface area contributed by atoms with Crippen LogP contribution in [-0.2, 0) is 6.42 Å². The van der Waals surface area contributed by atoms with Crippen molar-refractivity contribution in [2.45, 2.75) is 19.3 Å². The summed E-state index contributed by atoms with van der Waals surface area (Å²) in [6.07, 6.45) is 5.32. The second-order valence-corrected chi connectivity index (χ2v) is 7.04. The van der Waals surface area contributed by atoms with Crippen LogP contribution in [0.25, 0.3) is 22.0 Å². The standard InChI is InChI=1S/C21H20FN3/c22-16-3-4-17-18(12-24-21(17)11-16)14-1-2-15-10-19(25-20(15)9-14)13-5-7-23-8-6-13/h1-4,9,11-13,23-24H,5-8,10H2. The molecule has 0 radical (unpaired) electrons. The summed E-state index contributed by atoms with van der Waals surface area (Å²) in [5.41, 5.74) is 6.82. The minimum absolute atomic E-state index is 0.217. The van der Waals surface area contributed by atoms with Crippen LogP contribution in [0.15, 0.2) is 47.6 Å². The lowest BCUT2D eigenvalue weighted by atomic mass is 9.90. The maximum absolute atomic E-state index is 13.4. The molecule has 2 aliphatic rings. The fourth-order valence-electron chi connectivity index (χ4n) is 4.10. The summed E-state index contributed by atoms with van der Waals surface area (Å²) in [5, 5.41) is 4.47. The Hall–Kier alpha value is -2.46. The van der Waals surface area contributed by atoms with Gasteiger partial charge in [0.15, 0.2) is 0 Å². The van der Waals surface area contributed by atoms with Gasteiger partial charge in [-0.25, -0.2) is 4.39 Å². The first-order valence-electron chi connectivity index (χ1n) is 8.96. The first kappa shape index (κ1) is 14.8. The summed E-state index contributed by atoms with van der Waals surface area (Å²) in [6, 6.07) is 11.4. The second-order valence-electron chi connectivity index (χ2n) is 7.04. The van der Waals surface area contributed by atoms with Crippen molar-refractivity contribution in [1.82, 2.24) is 10.3 Å². The van der Waals surface area contributed by atoms with Gasteiger partial charge in [0, 0.05) is 40.7 Å². The number of nitrogens with zero attached hydrogens (tertiary/aromatic N) is 1. The van der Waals surface area contributed by atoms with E-state index in [-0.39, 0.29) is 5.82 Å². The molecule has 3 nitrogen and oxygen atoms in total. The molecule has 2 aromatic carbocycles. The Labute approximate surface area is 146 Å². The van der Waals surface area contributed by atoms with Gasteiger partial charge in [-0.15, -0.1) is 0 Å². The molecule has 1 saturated heterocycles. The number of benzene rings is 2. The van der Waals surface area contributed by atoms with Crippen molar-refractivity contribution < 1.29 is 4.39 Å². The van der Waals surface area contributed by atoms with Gasteiger partial charge < -0.3 is 10.3 Å². The number of aliphatic imine (C=N–C) groups is 1. The fourth-order valence-corrected chi connectivity index (χ4v) is 4.10. The van der Waals surface area contributed by atoms with Crippen LogP contribution in [0.4, 0.5) is 10.1 Å². The largest absolute Gasteiger partial charge is 0.360 e. The van der Waals surface area contributed by atoms with Crippen LogP contribution >= 0.6 is 0 Å². The molecule has 2 aliphatic heterocycles. The first-order chi connectivity index (χ1) is 12.3. The summed E-state index contributed by atoms with van der Waals surface area (Å²) < 4.78 is 13.4. The van der Waals surface area contributed by atoms with Crippen molar-refractivity contribution in [1.29, 1.82) is 0 Å². The van der Waals surface area contributed by atoms with Gasteiger partial charge in [0.05, 0.1) is 5.69 Å². The zero-order valence-corrected chi connectivity index (χ0v) is 14.0. The van der Waals surface area contributed by atoms with Crippen molar-refractivity contribution in [3.8, 4) is 11.1 Å². The Kier molecular flexibility index (Phi) is 3.45. The van der Waals surface area contributed by atoms with Crippen molar-refractivity contribution in [2.24, 2.45) is 10.9 Å². The van der Waals surface area contributed by atoms with Gasteiger partial charge in [0.2, 0.25) is 0 Å². The smallest absolute Gasteiger partial charge is 0.125 e. The maximum Gasteiger partial charge on any atom is 0.125 e. The molecular weight excluding hydrogens is 313 g/mol.